The summed E-state index contributed by atoms with van der Waals surface area (Å²) in [7, 11) is 1.71. The first-order valence-electron chi connectivity index (χ1n) is 8.70. The van der Waals surface area contributed by atoms with E-state index in [2.05, 4.69) is 18.7 Å². The minimum absolute atomic E-state index is 0.0969. The molecular weight excluding hydrogens is 307 g/mol. The second-order valence-corrected chi connectivity index (χ2v) is 6.90. The van der Waals surface area contributed by atoms with Gasteiger partial charge in [0.05, 0.1) is 6.61 Å². The van der Waals surface area contributed by atoms with E-state index in [1.807, 2.05) is 11.8 Å². The number of ether oxygens (including phenoxy) is 1. The highest BCUT2D eigenvalue weighted by Gasteiger charge is 2.32. The van der Waals surface area contributed by atoms with Crippen molar-refractivity contribution < 1.29 is 13.9 Å². The van der Waals surface area contributed by atoms with Gasteiger partial charge in [0.25, 0.3) is 0 Å². The maximum Gasteiger partial charge on any atom is 0.225 e. The van der Waals surface area contributed by atoms with Gasteiger partial charge in [0, 0.05) is 44.7 Å². The number of rotatable bonds is 6. The van der Waals surface area contributed by atoms with E-state index in [9.17, 15) is 9.18 Å². The number of carbonyl (C=O) groups excluding carboxylic acids is 1. The number of halogens is 1. The van der Waals surface area contributed by atoms with Crippen LogP contribution in [0.25, 0.3) is 0 Å². The van der Waals surface area contributed by atoms with Gasteiger partial charge in [0.15, 0.2) is 0 Å². The van der Waals surface area contributed by atoms with Crippen molar-refractivity contribution >= 4 is 5.91 Å². The Morgan fingerprint density at radius 2 is 1.83 bits per heavy atom. The van der Waals surface area contributed by atoms with Crippen LogP contribution in [0.5, 0.6) is 0 Å². The van der Waals surface area contributed by atoms with E-state index in [0.717, 1.165) is 25.2 Å². The van der Waals surface area contributed by atoms with Gasteiger partial charge in [0.2, 0.25) is 5.91 Å². The van der Waals surface area contributed by atoms with Gasteiger partial charge in [-0.3, -0.25) is 9.69 Å². The molecule has 3 atom stereocenters. The number of methoxy groups -OCH3 is 1. The summed E-state index contributed by atoms with van der Waals surface area (Å²) in [6.45, 7) is 9.39. The van der Waals surface area contributed by atoms with Crippen molar-refractivity contribution in [1.29, 1.82) is 0 Å². The molecule has 3 unspecified atom stereocenters. The molecule has 1 aromatic carbocycles. The van der Waals surface area contributed by atoms with Gasteiger partial charge in [-0.05, 0) is 38.0 Å². The van der Waals surface area contributed by atoms with Crippen LogP contribution in [0.2, 0.25) is 0 Å². The zero-order valence-electron chi connectivity index (χ0n) is 15.2. The Kier molecular flexibility index (Phi) is 6.75. The van der Waals surface area contributed by atoms with Gasteiger partial charge < -0.3 is 9.64 Å². The summed E-state index contributed by atoms with van der Waals surface area (Å²) in [6, 6.07) is 7.06. The van der Waals surface area contributed by atoms with Gasteiger partial charge in [-0.15, -0.1) is 0 Å². The van der Waals surface area contributed by atoms with Crippen LogP contribution in [0, 0.1) is 11.7 Å². The first-order valence-corrected chi connectivity index (χ1v) is 8.70. The topological polar surface area (TPSA) is 32.8 Å². The highest BCUT2D eigenvalue weighted by atomic mass is 19.1. The summed E-state index contributed by atoms with van der Waals surface area (Å²) in [5, 5.41) is 0. The van der Waals surface area contributed by atoms with E-state index < -0.39 is 0 Å². The molecule has 24 heavy (non-hydrogen) atoms. The second-order valence-electron chi connectivity index (χ2n) is 6.90. The average molecular weight is 336 g/mol. The largest absolute Gasteiger partial charge is 0.383 e. The molecule has 1 aliphatic heterocycles. The second kappa shape index (κ2) is 8.58. The molecule has 1 heterocycles. The fourth-order valence-corrected chi connectivity index (χ4v) is 3.55. The van der Waals surface area contributed by atoms with Crippen molar-refractivity contribution in [3.63, 3.8) is 0 Å². The van der Waals surface area contributed by atoms with Gasteiger partial charge in [0.1, 0.15) is 5.82 Å². The lowest BCUT2D eigenvalue weighted by atomic mass is 9.98. The van der Waals surface area contributed by atoms with Gasteiger partial charge in [-0.1, -0.05) is 19.1 Å². The minimum Gasteiger partial charge on any atom is -0.383 e. The lowest BCUT2D eigenvalue weighted by Gasteiger charge is -2.45. The van der Waals surface area contributed by atoms with Gasteiger partial charge >= 0.3 is 0 Å². The number of amides is 1. The maximum absolute atomic E-state index is 13.0. The standard InChI is InChI=1S/C19H29FN2O2/c1-14(11-17-5-7-18(20)8-6-17)19(23)21-12-15(2)22(9-10-24-4)16(3)13-21/h5-8,14-16H,9-13H2,1-4H3. The van der Waals surface area contributed by atoms with Crippen molar-refractivity contribution in [2.45, 2.75) is 39.3 Å². The summed E-state index contributed by atoms with van der Waals surface area (Å²) in [6.07, 6.45) is 0.645. The van der Waals surface area contributed by atoms with Crippen molar-refractivity contribution in [1.82, 2.24) is 9.80 Å². The Morgan fingerprint density at radius 1 is 1.25 bits per heavy atom. The zero-order chi connectivity index (χ0) is 17.7. The molecule has 0 aromatic heterocycles. The molecular formula is C19H29FN2O2. The molecule has 0 aliphatic carbocycles. The molecule has 1 saturated heterocycles. The van der Waals surface area contributed by atoms with Crippen LogP contribution in [0.15, 0.2) is 24.3 Å². The fraction of sp³-hybridized carbons (Fsp3) is 0.632. The van der Waals surface area contributed by atoms with Crippen LogP contribution in [0.1, 0.15) is 26.3 Å². The lowest BCUT2D eigenvalue weighted by molar-refractivity contribution is -0.139. The van der Waals surface area contributed by atoms with Crippen molar-refractivity contribution in [3.05, 3.63) is 35.6 Å². The molecule has 134 valence electrons. The summed E-state index contributed by atoms with van der Waals surface area (Å²) in [4.78, 5) is 17.2. The summed E-state index contributed by atoms with van der Waals surface area (Å²) >= 11 is 0. The number of carbonyl (C=O) groups is 1. The predicted molar refractivity (Wildman–Crippen MR) is 93.4 cm³/mol. The number of benzene rings is 1. The van der Waals surface area contributed by atoms with E-state index in [4.69, 9.17) is 4.74 Å². The summed E-state index contributed by atoms with van der Waals surface area (Å²) < 4.78 is 18.2. The van der Waals surface area contributed by atoms with Crippen LogP contribution >= 0.6 is 0 Å². The minimum atomic E-state index is -0.243. The van der Waals surface area contributed by atoms with Crippen molar-refractivity contribution in [2.75, 3.05) is 33.4 Å². The number of hydrogen-bond donors (Lipinski definition) is 0. The molecule has 2 rings (SSSR count). The monoisotopic (exact) mass is 336 g/mol. The van der Waals surface area contributed by atoms with Crippen LogP contribution in [-0.2, 0) is 16.0 Å². The molecule has 0 saturated carbocycles. The third kappa shape index (κ3) is 4.77. The highest BCUT2D eigenvalue weighted by Crippen LogP contribution is 2.19. The number of hydrogen-bond acceptors (Lipinski definition) is 3. The van der Waals surface area contributed by atoms with Crippen LogP contribution < -0.4 is 0 Å². The lowest BCUT2D eigenvalue weighted by Crippen LogP contribution is -2.59. The van der Waals surface area contributed by atoms with Crippen LogP contribution in [0.4, 0.5) is 4.39 Å². The third-order valence-corrected chi connectivity index (χ3v) is 4.84. The predicted octanol–water partition coefficient (Wildman–Crippen LogP) is 2.57. The SMILES string of the molecule is COCCN1C(C)CN(C(=O)C(C)Cc2ccc(F)cc2)CC1C. The van der Waals surface area contributed by atoms with E-state index in [-0.39, 0.29) is 17.6 Å². The molecule has 1 amide bonds. The molecule has 1 aliphatic rings. The third-order valence-electron chi connectivity index (χ3n) is 4.84. The average Bonchev–Trinajstić information content (AvgIpc) is 2.55. The summed E-state index contributed by atoms with van der Waals surface area (Å²) in [5.41, 5.74) is 0.997. The van der Waals surface area contributed by atoms with E-state index in [0.29, 0.717) is 25.1 Å². The van der Waals surface area contributed by atoms with Crippen molar-refractivity contribution in [3.8, 4) is 0 Å². The van der Waals surface area contributed by atoms with E-state index in [1.54, 1.807) is 19.2 Å². The highest BCUT2D eigenvalue weighted by molar-refractivity contribution is 5.79. The molecule has 0 N–H and O–H groups in total. The van der Waals surface area contributed by atoms with Crippen molar-refractivity contribution in [2.24, 2.45) is 5.92 Å². The first-order chi connectivity index (χ1) is 11.4. The Hall–Kier alpha value is -1.46. The Morgan fingerprint density at radius 3 is 2.38 bits per heavy atom. The normalized spacial score (nSPS) is 23.3. The molecule has 1 fully saturated rings. The van der Waals surface area contributed by atoms with Crippen LogP contribution in [0.3, 0.4) is 0 Å². The molecule has 1 aromatic rings. The molecule has 0 radical (unpaired) electrons. The first kappa shape index (κ1) is 18.9. The zero-order valence-corrected chi connectivity index (χ0v) is 15.2. The smallest absolute Gasteiger partial charge is 0.225 e. The maximum atomic E-state index is 13.0. The molecule has 0 bridgehead atoms. The molecule has 4 nitrogen and oxygen atoms in total. The molecule has 5 heteroatoms. The van der Waals surface area contributed by atoms with E-state index >= 15 is 0 Å². The number of piperazine rings is 1. The number of nitrogens with zero attached hydrogens (tertiary/aromatic N) is 2. The Labute approximate surface area is 144 Å². The fourth-order valence-electron chi connectivity index (χ4n) is 3.55. The summed E-state index contributed by atoms with van der Waals surface area (Å²) in [5.74, 6) is -0.155. The molecule has 0 spiro atoms. The van der Waals surface area contributed by atoms with Gasteiger partial charge in [-0.2, -0.15) is 0 Å². The quantitative estimate of drug-likeness (QED) is 0.800. The van der Waals surface area contributed by atoms with Crippen LogP contribution in [-0.4, -0.2) is 61.1 Å². The van der Waals surface area contributed by atoms with E-state index in [1.165, 1.54) is 12.1 Å². The Balaban J connectivity index is 1.93. The van der Waals surface area contributed by atoms with Gasteiger partial charge in [-0.25, -0.2) is 4.39 Å². The Bertz CT molecular complexity index is 523.